The first-order valence-electron chi connectivity index (χ1n) is 11.7. The second kappa shape index (κ2) is 9.59. The molecule has 0 aliphatic carbocycles. The quantitative estimate of drug-likeness (QED) is 0.585. The first kappa shape index (κ1) is 21.4. The van der Waals surface area contributed by atoms with Gasteiger partial charge < -0.3 is 4.90 Å². The van der Waals surface area contributed by atoms with E-state index < -0.39 is 0 Å². The highest BCUT2D eigenvalue weighted by Gasteiger charge is 2.22. The van der Waals surface area contributed by atoms with Gasteiger partial charge in [-0.2, -0.15) is 5.10 Å². The molecule has 3 aromatic rings. The highest BCUT2D eigenvalue weighted by atomic mass is 16.2. The van der Waals surface area contributed by atoms with Gasteiger partial charge in [0.25, 0.3) is 0 Å². The minimum absolute atomic E-state index is 0.224. The molecule has 0 N–H and O–H groups in total. The molecule has 0 bridgehead atoms. The topological polar surface area (TPSA) is 41.4 Å². The Labute approximate surface area is 195 Å². The van der Waals surface area contributed by atoms with Crippen molar-refractivity contribution in [2.75, 3.05) is 32.7 Å². The van der Waals surface area contributed by atoms with Crippen LogP contribution in [0.4, 0.5) is 0 Å². The number of hydrogen-bond acceptors (Lipinski definition) is 3. The van der Waals surface area contributed by atoms with E-state index in [4.69, 9.17) is 0 Å². The molecule has 0 saturated heterocycles. The number of rotatable bonds is 5. The number of carbonyl (C=O) groups is 1. The minimum atomic E-state index is 0.224. The third kappa shape index (κ3) is 4.99. The summed E-state index contributed by atoms with van der Waals surface area (Å²) in [5, 5.41) is 4.54. The Hall–Kier alpha value is -3.44. The van der Waals surface area contributed by atoms with Crippen molar-refractivity contribution in [3.8, 4) is 5.69 Å². The number of aromatic nitrogens is 2. The minimum Gasteiger partial charge on any atom is -0.338 e. The predicted octanol–water partition coefficient (Wildman–Crippen LogP) is 4.59. The Morgan fingerprint density at radius 1 is 0.879 bits per heavy atom. The molecule has 0 fully saturated rings. The van der Waals surface area contributed by atoms with E-state index in [0.717, 1.165) is 43.7 Å². The lowest BCUT2D eigenvalue weighted by Crippen LogP contribution is -2.43. The number of amides is 1. The Morgan fingerprint density at radius 3 is 2.30 bits per heavy atom. The molecule has 1 aromatic heterocycles. The predicted molar refractivity (Wildman–Crippen MR) is 133 cm³/mol. The van der Waals surface area contributed by atoms with Crippen molar-refractivity contribution < 1.29 is 4.79 Å². The van der Waals surface area contributed by atoms with E-state index in [0.29, 0.717) is 13.1 Å². The van der Waals surface area contributed by atoms with Crippen LogP contribution in [0.2, 0.25) is 0 Å². The van der Waals surface area contributed by atoms with Crippen molar-refractivity contribution in [2.45, 2.75) is 19.8 Å². The molecule has 0 unspecified atom stereocenters. The lowest BCUT2D eigenvalue weighted by Gasteiger charge is -2.31. The van der Waals surface area contributed by atoms with E-state index in [1.165, 1.54) is 22.3 Å². The number of hydrogen-bond donors (Lipinski definition) is 0. The van der Waals surface area contributed by atoms with Gasteiger partial charge >= 0.3 is 0 Å². The summed E-state index contributed by atoms with van der Waals surface area (Å²) in [6.07, 6.45) is 10.3. The first-order chi connectivity index (χ1) is 16.2. The fourth-order valence-electron chi connectivity index (χ4n) is 4.55. The number of nitrogens with zero attached hydrogens (tertiary/aromatic N) is 4. The molecule has 0 saturated carbocycles. The van der Waals surface area contributed by atoms with Crippen LogP contribution in [0, 0.1) is 6.92 Å². The summed E-state index contributed by atoms with van der Waals surface area (Å²) in [6, 6.07) is 18.9. The molecule has 3 heterocycles. The third-order valence-electron chi connectivity index (χ3n) is 6.61. The molecule has 1 amide bonds. The summed E-state index contributed by atoms with van der Waals surface area (Å²) < 4.78 is 1.93. The summed E-state index contributed by atoms with van der Waals surface area (Å²) in [6.45, 7) is 5.78. The SMILES string of the molecule is Cc1ccc(-n2cc(C3=CCN(CC(=O)N4CC=C(c5ccccc5)CC4)CC3)cn2)cc1. The summed E-state index contributed by atoms with van der Waals surface area (Å²) in [5.41, 5.74) is 7.40. The van der Waals surface area contributed by atoms with Crippen molar-refractivity contribution in [1.82, 2.24) is 19.6 Å². The maximum absolute atomic E-state index is 12.9. The average Bonchev–Trinajstić information content (AvgIpc) is 3.36. The zero-order valence-corrected chi connectivity index (χ0v) is 19.2. The summed E-state index contributed by atoms with van der Waals surface area (Å²) >= 11 is 0. The molecule has 0 radical (unpaired) electrons. The van der Waals surface area contributed by atoms with Gasteiger partial charge in [0.05, 0.1) is 18.4 Å². The van der Waals surface area contributed by atoms with Crippen LogP contribution in [0.25, 0.3) is 16.8 Å². The molecule has 168 valence electrons. The Kier molecular flexibility index (Phi) is 6.22. The smallest absolute Gasteiger partial charge is 0.237 e. The van der Waals surface area contributed by atoms with Crippen LogP contribution in [0.3, 0.4) is 0 Å². The number of aryl methyl sites for hydroxylation is 1. The van der Waals surface area contributed by atoms with E-state index in [9.17, 15) is 4.79 Å². The van der Waals surface area contributed by atoms with Crippen LogP contribution in [-0.4, -0.2) is 58.2 Å². The Balaban J connectivity index is 1.15. The maximum Gasteiger partial charge on any atom is 0.237 e. The van der Waals surface area contributed by atoms with Gasteiger partial charge in [0.2, 0.25) is 5.91 Å². The van der Waals surface area contributed by atoms with E-state index in [2.05, 4.69) is 83.8 Å². The van der Waals surface area contributed by atoms with Crippen LogP contribution in [-0.2, 0) is 4.79 Å². The highest BCUT2D eigenvalue weighted by Crippen LogP contribution is 2.24. The van der Waals surface area contributed by atoms with Crippen molar-refractivity contribution in [3.05, 3.63) is 95.8 Å². The fraction of sp³-hybridized carbons (Fsp3) is 0.286. The standard InChI is InChI=1S/C28H30N4O/c1-22-7-9-27(10-8-22)32-20-26(19-29-32)25-11-15-30(16-12-25)21-28(33)31-17-13-24(14-18-31)23-5-3-2-4-6-23/h2-11,13,19-20H,12,14-18,21H2,1H3. The van der Waals surface area contributed by atoms with Gasteiger partial charge in [-0.1, -0.05) is 60.2 Å². The van der Waals surface area contributed by atoms with Crippen LogP contribution >= 0.6 is 0 Å². The van der Waals surface area contributed by atoms with Gasteiger partial charge in [-0.25, -0.2) is 4.68 Å². The Bertz CT molecular complexity index is 1170. The van der Waals surface area contributed by atoms with E-state index in [-0.39, 0.29) is 5.91 Å². The average molecular weight is 439 g/mol. The lowest BCUT2D eigenvalue weighted by molar-refractivity contribution is -0.131. The summed E-state index contributed by atoms with van der Waals surface area (Å²) in [4.78, 5) is 17.1. The molecule has 2 aliphatic heterocycles. The zero-order chi connectivity index (χ0) is 22.6. The number of benzene rings is 2. The molecular formula is C28H30N4O. The summed E-state index contributed by atoms with van der Waals surface area (Å²) in [5.74, 6) is 0.224. The second-order valence-electron chi connectivity index (χ2n) is 8.91. The van der Waals surface area contributed by atoms with Gasteiger partial charge in [0, 0.05) is 37.9 Å². The van der Waals surface area contributed by atoms with Crippen LogP contribution < -0.4 is 0 Å². The molecule has 2 aliphatic rings. The van der Waals surface area contributed by atoms with Gasteiger partial charge in [-0.05, 0) is 48.6 Å². The van der Waals surface area contributed by atoms with Crippen molar-refractivity contribution in [3.63, 3.8) is 0 Å². The van der Waals surface area contributed by atoms with Crippen molar-refractivity contribution in [2.24, 2.45) is 0 Å². The van der Waals surface area contributed by atoms with Crippen molar-refractivity contribution in [1.29, 1.82) is 0 Å². The van der Waals surface area contributed by atoms with Gasteiger partial charge in [0.1, 0.15) is 0 Å². The van der Waals surface area contributed by atoms with Gasteiger partial charge in [0.15, 0.2) is 0 Å². The first-order valence-corrected chi connectivity index (χ1v) is 11.7. The lowest BCUT2D eigenvalue weighted by atomic mass is 9.99. The second-order valence-corrected chi connectivity index (χ2v) is 8.91. The van der Waals surface area contributed by atoms with Gasteiger partial charge in [-0.15, -0.1) is 0 Å². The molecular weight excluding hydrogens is 408 g/mol. The molecule has 0 atom stereocenters. The van der Waals surface area contributed by atoms with E-state index in [1.54, 1.807) is 0 Å². The van der Waals surface area contributed by atoms with Crippen molar-refractivity contribution >= 4 is 17.1 Å². The van der Waals surface area contributed by atoms with Gasteiger partial charge in [-0.3, -0.25) is 9.69 Å². The van der Waals surface area contributed by atoms with E-state index >= 15 is 0 Å². The highest BCUT2D eigenvalue weighted by molar-refractivity contribution is 5.80. The van der Waals surface area contributed by atoms with Crippen LogP contribution in [0.15, 0.2) is 79.1 Å². The normalized spacial score (nSPS) is 16.9. The van der Waals surface area contributed by atoms with Crippen LogP contribution in [0.1, 0.15) is 29.5 Å². The Morgan fingerprint density at radius 2 is 1.61 bits per heavy atom. The zero-order valence-electron chi connectivity index (χ0n) is 19.2. The molecule has 33 heavy (non-hydrogen) atoms. The molecule has 5 heteroatoms. The van der Waals surface area contributed by atoms with E-state index in [1.807, 2.05) is 21.8 Å². The summed E-state index contributed by atoms with van der Waals surface area (Å²) in [7, 11) is 0. The maximum atomic E-state index is 12.9. The largest absolute Gasteiger partial charge is 0.338 e. The molecule has 0 spiro atoms. The van der Waals surface area contributed by atoms with Crippen LogP contribution in [0.5, 0.6) is 0 Å². The molecule has 5 rings (SSSR count). The molecule has 5 nitrogen and oxygen atoms in total. The molecule has 2 aromatic carbocycles. The fourth-order valence-corrected chi connectivity index (χ4v) is 4.55. The number of carbonyl (C=O) groups excluding carboxylic acids is 1. The monoisotopic (exact) mass is 438 g/mol. The third-order valence-corrected chi connectivity index (χ3v) is 6.61.